The number of nitrogens with zero attached hydrogens (tertiary/aromatic N) is 2. The second-order valence-corrected chi connectivity index (χ2v) is 4.59. The highest BCUT2D eigenvalue weighted by atomic mass is 79.9. The van der Waals surface area contributed by atoms with Crippen LogP contribution < -0.4 is 10.9 Å². The lowest BCUT2D eigenvalue weighted by Crippen LogP contribution is -2.26. The second-order valence-electron chi connectivity index (χ2n) is 3.80. The highest BCUT2D eigenvalue weighted by molar-refractivity contribution is 9.10. The molecule has 6 heteroatoms. The predicted molar refractivity (Wildman–Crippen MR) is 76.0 cm³/mol. The third-order valence-electron chi connectivity index (χ3n) is 2.32. The van der Waals surface area contributed by atoms with Gasteiger partial charge in [0.05, 0.1) is 24.5 Å². The van der Waals surface area contributed by atoms with Crippen molar-refractivity contribution in [1.29, 1.82) is 0 Å². The SMILES string of the molecule is C=CCn1ncc(NCC(C)OCC)c(Br)c1=O. The standard InChI is InChI=1S/C12H18BrN3O2/c1-4-6-16-12(17)11(13)10(8-15-16)14-7-9(3)18-5-2/h4,8-9,14H,1,5-7H2,2-3H3. The van der Waals surface area contributed by atoms with Crippen molar-refractivity contribution >= 4 is 21.6 Å². The van der Waals surface area contributed by atoms with Crippen LogP contribution in [-0.2, 0) is 11.3 Å². The molecule has 1 aromatic heterocycles. The maximum Gasteiger partial charge on any atom is 0.283 e. The van der Waals surface area contributed by atoms with E-state index in [0.717, 1.165) is 0 Å². The van der Waals surface area contributed by atoms with Crippen LogP contribution >= 0.6 is 15.9 Å². The summed E-state index contributed by atoms with van der Waals surface area (Å²) in [5.41, 5.74) is 0.496. The van der Waals surface area contributed by atoms with Crippen molar-refractivity contribution in [3.8, 4) is 0 Å². The van der Waals surface area contributed by atoms with Crippen molar-refractivity contribution in [3.63, 3.8) is 0 Å². The van der Waals surface area contributed by atoms with Crippen molar-refractivity contribution in [2.24, 2.45) is 0 Å². The fourth-order valence-electron chi connectivity index (χ4n) is 1.44. The van der Waals surface area contributed by atoms with Crippen LogP contribution in [0, 0.1) is 0 Å². The molecule has 1 atom stereocenters. The molecule has 1 rings (SSSR count). The summed E-state index contributed by atoms with van der Waals surface area (Å²) in [6.07, 6.45) is 3.33. The van der Waals surface area contributed by atoms with E-state index in [1.54, 1.807) is 12.3 Å². The minimum atomic E-state index is -0.177. The number of halogens is 1. The molecular formula is C12H18BrN3O2. The molecule has 100 valence electrons. The lowest BCUT2D eigenvalue weighted by molar-refractivity contribution is 0.0855. The molecule has 0 amide bonds. The topological polar surface area (TPSA) is 56.1 Å². The Hall–Kier alpha value is -1.14. The molecule has 1 heterocycles. The molecule has 18 heavy (non-hydrogen) atoms. The first kappa shape index (κ1) is 14.9. The monoisotopic (exact) mass is 315 g/mol. The van der Waals surface area contributed by atoms with Crippen LogP contribution in [0.5, 0.6) is 0 Å². The lowest BCUT2D eigenvalue weighted by atomic mass is 10.3. The van der Waals surface area contributed by atoms with Crippen LogP contribution in [0.15, 0.2) is 28.1 Å². The average molecular weight is 316 g/mol. The number of ether oxygens (including phenoxy) is 1. The molecule has 5 nitrogen and oxygen atoms in total. The molecule has 0 saturated carbocycles. The van der Waals surface area contributed by atoms with Gasteiger partial charge in [-0.15, -0.1) is 6.58 Å². The van der Waals surface area contributed by atoms with E-state index < -0.39 is 0 Å². The van der Waals surface area contributed by atoms with Gasteiger partial charge >= 0.3 is 0 Å². The summed E-state index contributed by atoms with van der Waals surface area (Å²) >= 11 is 3.28. The Kier molecular flexibility index (Phi) is 6.07. The minimum absolute atomic E-state index is 0.0810. The first-order valence-corrected chi connectivity index (χ1v) is 6.61. The molecule has 0 spiro atoms. The van der Waals surface area contributed by atoms with Gasteiger partial charge in [0.15, 0.2) is 0 Å². The lowest BCUT2D eigenvalue weighted by Gasteiger charge is -2.14. The molecule has 0 aliphatic heterocycles. The normalized spacial score (nSPS) is 12.2. The van der Waals surface area contributed by atoms with Crippen LogP contribution in [0.2, 0.25) is 0 Å². The third-order valence-corrected chi connectivity index (χ3v) is 3.08. The third kappa shape index (κ3) is 3.96. The fourth-order valence-corrected chi connectivity index (χ4v) is 1.89. The first-order valence-electron chi connectivity index (χ1n) is 5.82. The Morgan fingerprint density at radius 3 is 3.06 bits per heavy atom. The molecule has 1 unspecified atom stereocenters. The molecule has 0 fully saturated rings. The number of anilines is 1. The van der Waals surface area contributed by atoms with Gasteiger partial charge in [0, 0.05) is 13.2 Å². The van der Waals surface area contributed by atoms with Gasteiger partial charge in [0.25, 0.3) is 5.56 Å². The highest BCUT2D eigenvalue weighted by Crippen LogP contribution is 2.16. The summed E-state index contributed by atoms with van der Waals surface area (Å²) < 4.78 is 7.22. The van der Waals surface area contributed by atoms with Gasteiger partial charge in [-0.25, -0.2) is 4.68 Å². The van der Waals surface area contributed by atoms with E-state index in [1.165, 1.54) is 4.68 Å². The van der Waals surface area contributed by atoms with Crippen LogP contribution in [0.25, 0.3) is 0 Å². The van der Waals surface area contributed by atoms with Crippen molar-refractivity contribution in [3.05, 3.63) is 33.7 Å². The number of rotatable bonds is 7. The van der Waals surface area contributed by atoms with E-state index in [0.29, 0.717) is 29.9 Å². The van der Waals surface area contributed by atoms with Crippen molar-refractivity contribution in [1.82, 2.24) is 9.78 Å². The zero-order valence-corrected chi connectivity index (χ0v) is 12.2. The van der Waals surface area contributed by atoms with Gasteiger partial charge in [-0.1, -0.05) is 6.08 Å². The fraction of sp³-hybridized carbons (Fsp3) is 0.500. The molecular weight excluding hydrogens is 298 g/mol. The zero-order chi connectivity index (χ0) is 13.5. The van der Waals surface area contributed by atoms with Gasteiger partial charge < -0.3 is 10.1 Å². The average Bonchev–Trinajstić information content (AvgIpc) is 2.35. The van der Waals surface area contributed by atoms with Gasteiger partial charge in [0.2, 0.25) is 0 Å². The van der Waals surface area contributed by atoms with E-state index in [4.69, 9.17) is 4.74 Å². The number of hydrogen-bond donors (Lipinski definition) is 1. The summed E-state index contributed by atoms with van der Waals surface area (Å²) in [6, 6.07) is 0. The number of nitrogens with one attached hydrogen (secondary N) is 1. The summed E-state index contributed by atoms with van der Waals surface area (Å²) in [5, 5.41) is 7.19. The van der Waals surface area contributed by atoms with Gasteiger partial charge in [-0.2, -0.15) is 5.10 Å². The van der Waals surface area contributed by atoms with Crippen LogP contribution in [0.1, 0.15) is 13.8 Å². The molecule has 0 saturated heterocycles. The van der Waals surface area contributed by atoms with Crippen LogP contribution in [0.3, 0.4) is 0 Å². The minimum Gasteiger partial charge on any atom is -0.380 e. The maximum absolute atomic E-state index is 11.9. The zero-order valence-electron chi connectivity index (χ0n) is 10.6. The maximum atomic E-state index is 11.9. The van der Waals surface area contributed by atoms with E-state index >= 15 is 0 Å². The summed E-state index contributed by atoms with van der Waals surface area (Å²) in [7, 11) is 0. The Balaban J connectivity index is 2.76. The van der Waals surface area contributed by atoms with Crippen LogP contribution in [-0.4, -0.2) is 29.0 Å². The van der Waals surface area contributed by atoms with E-state index in [-0.39, 0.29) is 11.7 Å². The number of hydrogen-bond acceptors (Lipinski definition) is 4. The van der Waals surface area contributed by atoms with Gasteiger partial charge in [0.1, 0.15) is 4.47 Å². The van der Waals surface area contributed by atoms with E-state index in [2.05, 4.69) is 32.9 Å². The predicted octanol–water partition coefficient (Wildman–Crippen LogP) is 2.03. The Morgan fingerprint density at radius 2 is 2.44 bits per heavy atom. The van der Waals surface area contributed by atoms with E-state index in [9.17, 15) is 4.79 Å². The number of allylic oxidation sites excluding steroid dienone is 1. The Labute approximate surface area is 115 Å². The van der Waals surface area contributed by atoms with Gasteiger partial charge in [-0.05, 0) is 29.8 Å². The summed E-state index contributed by atoms with van der Waals surface area (Å²) in [4.78, 5) is 11.9. The number of aromatic nitrogens is 2. The second kappa shape index (κ2) is 7.33. The van der Waals surface area contributed by atoms with Gasteiger partial charge in [-0.3, -0.25) is 4.79 Å². The molecule has 0 aliphatic rings. The summed E-state index contributed by atoms with van der Waals surface area (Å²) in [5.74, 6) is 0. The molecule has 0 aliphatic carbocycles. The van der Waals surface area contributed by atoms with Crippen LogP contribution in [0.4, 0.5) is 5.69 Å². The smallest absolute Gasteiger partial charge is 0.283 e. The van der Waals surface area contributed by atoms with Crippen molar-refractivity contribution < 1.29 is 4.74 Å². The largest absolute Gasteiger partial charge is 0.380 e. The quantitative estimate of drug-likeness (QED) is 0.782. The van der Waals surface area contributed by atoms with Crippen molar-refractivity contribution in [2.75, 3.05) is 18.5 Å². The molecule has 1 N–H and O–H groups in total. The van der Waals surface area contributed by atoms with E-state index in [1.807, 2.05) is 13.8 Å². The Bertz CT molecular complexity index is 459. The molecule has 1 aromatic rings. The Morgan fingerprint density at radius 1 is 1.72 bits per heavy atom. The molecule has 0 aromatic carbocycles. The summed E-state index contributed by atoms with van der Waals surface area (Å²) in [6.45, 7) is 9.19. The molecule has 0 bridgehead atoms. The van der Waals surface area contributed by atoms with Crippen molar-refractivity contribution in [2.45, 2.75) is 26.5 Å². The highest BCUT2D eigenvalue weighted by Gasteiger charge is 2.09. The first-order chi connectivity index (χ1) is 8.60. The molecule has 0 radical (unpaired) electrons.